The van der Waals surface area contributed by atoms with Crippen LogP contribution in [-0.2, 0) is 23.7 Å². The fraction of sp³-hybridized carbons (Fsp3) is 0.146. The number of Topliss-reactive ketones (excluding diaryl/α,β-unsaturated/α-hetero) is 1. The van der Waals surface area contributed by atoms with Gasteiger partial charge in [-0.05, 0) is 48.5 Å². The molecule has 25 heteroatoms. The summed E-state index contributed by atoms with van der Waals surface area (Å²) in [5.41, 5.74) is -6.30. The highest BCUT2D eigenvalue weighted by molar-refractivity contribution is 6.11. The van der Waals surface area contributed by atoms with Crippen LogP contribution in [0.1, 0.15) is 58.2 Å². The molecule has 0 aliphatic carbocycles. The molecule has 2 heterocycles. The second kappa shape index (κ2) is 16.4. The van der Waals surface area contributed by atoms with Crippen LogP contribution >= 0.6 is 0 Å². The number of hydrogen-bond donors (Lipinski definition) is 15. The molecule has 2 aliphatic rings. The zero-order valence-corrected chi connectivity index (χ0v) is 32.5. The van der Waals surface area contributed by atoms with E-state index in [1.54, 1.807) is 0 Å². The van der Waals surface area contributed by atoms with Crippen molar-refractivity contribution in [2.24, 2.45) is 0 Å². The smallest absolute Gasteiger partial charge is 0.340 e. The zero-order valence-electron chi connectivity index (χ0n) is 32.5. The van der Waals surface area contributed by atoms with Crippen molar-refractivity contribution in [1.29, 1.82) is 0 Å². The van der Waals surface area contributed by atoms with Gasteiger partial charge in [-0.1, -0.05) is 0 Å². The van der Waals surface area contributed by atoms with E-state index in [0.29, 0.717) is 48.5 Å². The number of esters is 4. The number of ether oxygens (including phenoxy) is 5. The molecule has 2 aliphatic heterocycles. The summed E-state index contributed by atoms with van der Waals surface area (Å²) in [7, 11) is 0. The first kappa shape index (κ1) is 44.7. The number of phenols is 15. The summed E-state index contributed by atoms with van der Waals surface area (Å²) in [4.78, 5) is 70.1. The molecule has 344 valence electrons. The first-order chi connectivity index (χ1) is 31.0. The number of hydrogen-bond acceptors (Lipinski definition) is 25. The van der Waals surface area contributed by atoms with E-state index in [4.69, 9.17) is 23.7 Å². The van der Waals surface area contributed by atoms with Gasteiger partial charge in [-0.25, -0.2) is 19.2 Å². The summed E-state index contributed by atoms with van der Waals surface area (Å²) < 4.78 is 28.2. The minimum atomic E-state index is -2.55. The molecular formula is C41H30O25. The highest BCUT2D eigenvalue weighted by atomic mass is 16.7. The first-order valence-corrected chi connectivity index (χ1v) is 18.3. The fourth-order valence-corrected chi connectivity index (χ4v) is 6.92. The molecule has 0 amide bonds. The van der Waals surface area contributed by atoms with Crippen molar-refractivity contribution in [2.75, 3.05) is 0 Å². The topological polar surface area (TPSA) is 435 Å². The summed E-state index contributed by atoms with van der Waals surface area (Å²) in [6.45, 7) is 0. The van der Waals surface area contributed by atoms with Crippen LogP contribution in [0.25, 0.3) is 11.1 Å². The van der Waals surface area contributed by atoms with Gasteiger partial charge in [0.15, 0.2) is 92.7 Å². The molecular weight excluding hydrogens is 892 g/mol. The van der Waals surface area contributed by atoms with Crippen LogP contribution in [0.5, 0.6) is 86.2 Å². The molecule has 0 aromatic heterocycles. The van der Waals surface area contributed by atoms with Gasteiger partial charge >= 0.3 is 23.9 Å². The Balaban J connectivity index is 1.45. The molecule has 0 bridgehead atoms. The average Bonchev–Trinajstić information content (AvgIpc) is 3.26. The Labute approximate surface area is 364 Å². The quantitative estimate of drug-likeness (QED) is 0.0658. The van der Waals surface area contributed by atoms with Gasteiger partial charge in [0.2, 0.25) is 23.9 Å². The summed E-state index contributed by atoms with van der Waals surface area (Å²) >= 11 is 0. The molecule has 25 nitrogen and oxygen atoms in total. The van der Waals surface area contributed by atoms with Gasteiger partial charge in [-0.3, -0.25) is 4.79 Å². The number of ketones is 1. The summed E-state index contributed by atoms with van der Waals surface area (Å²) in [5.74, 6) is -25.8. The molecule has 66 heavy (non-hydrogen) atoms. The molecule has 5 aromatic carbocycles. The predicted molar refractivity (Wildman–Crippen MR) is 207 cm³/mol. The average molecular weight is 923 g/mol. The van der Waals surface area contributed by atoms with Crippen molar-refractivity contribution in [2.45, 2.75) is 37.1 Å². The lowest BCUT2D eigenvalue weighted by atomic mass is 9.86. The van der Waals surface area contributed by atoms with Gasteiger partial charge in [-0.15, -0.1) is 0 Å². The number of carbonyl (C=O) groups is 5. The van der Waals surface area contributed by atoms with Crippen LogP contribution in [0.2, 0.25) is 0 Å². The lowest BCUT2D eigenvalue weighted by molar-refractivity contribution is -0.277. The largest absolute Gasteiger partial charge is 0.504 e. The van der Waals surface area contributed by atoms with Gasteiger partial charge in [-0.2, -0.15) is 0 Å². The number of aromatic hydroxyl groups is 15. The van der Waals surface area contributed by atoms with Crippen molar-refractivity contribution in [3.05, 3.63) is 76.3 Å². The zero-order chi connectivity index (χ0) is 48.4. The van der Waals surface area contributed by atoms with Crippen LogP contribution in [0.15, 0.2) is 48.5 Å². The predicted octanol–water partition coefficient (Wildman–Crippen LogP) is 2.08. The van der Waals surface area contributed by atoms with Gasteiger partial charge < -0.3 is 100 Å². The van der Waals surface area contributed by atoms with E-state index in [1.807, 2.05) is 0 Å². The molecule has 4 unspecified atom stereocenters. The highest BCUT2D eigenvalue weighted by Crippen LogP contribution is 2.53. The van der Waals surface area contributed by atoms with Crippen LogP contribution in [0, 0.1) is 0 Å². The van der Waals surface area contributed by atoms with E-state index in [9.17, 15) is 101 Å². The van der Waals surface area contributed by atoms with Crippen LogP contribution in [0.3, 0.4) is 0 Å². The molecule has 15 N–H and O–H groups in total. The Morgan fingerprint density at radius 3 is 1.21 bits per heavy atom. The van der Waals surface area contributed by atoms with E-state index in [0.717, 1.165) is 0 Å². The lowest BCUT2D eigenvalue weighted by Gasteiger charge is -2.44. The van der Waals surface area contributed by atoms with Crippen LogP contribution < -0.4 is 0 Å². The number of fused-ring (bicyclic) bond motifs is 4. The Morgan fingerprint density at radius 2 is 0.788 bits per heavy atom. The van der Waals surface area contributed by atoms with Crippen molar-refractivity contribution >= 4 is 29.7 Å². The minimum Gasteiger partial charge on any atom is -0.504 e. The first-order valence-electron chi connectivity index (χ1n) is 18.3. The second-order valence-corrected chi connectivity index (χ2v) is 14.3. The third-order valence-corrected chi connectivity index (χ3v) is 10.1. The van der Waals surface area contributed by atoms with Crippen molar-refractivity contribution in [1.82, 2.24) is 0 Å². The van der Waals surface area contributed by atoms with E-state index < -0.39 is 192 Å². The van der Waals surface area contributed by atoms with Gasteiger partial charge in [0.25, 0.3) is 0 Å². The third kappa shape index (κ3) is 7.72. The lowest BCUT2D eigenvalue weighted by Crippen LogP contribution is -2.62. The van der Waals surface area contributed by atoms with Gasteiger partial charge in [0, 0.05) is 23.1 Å². The van der Waals surface area contributed by atoms with E-state index in [2.05, 4.69) is 0 Å². The maximum Gasteiger partial charge on any atom is 0.340 e. The summed E-state index contributed by atoms with van der Waals surface area (Å²) in [6.07, 6.45) is -13.4. The Kier molecular flexibility index (Phi) is 11.1. The monoisotopic (exact) mass is 922 g/mol. The molecule has 0 saturated carbocycles. The van der Waals surface area contributed by atoms with Crippen molar-refractivity contribution in [3.8, 4) is 97.4 Å². The van der Waals surface area contributed by atoms with E-state index >= 15 is 0 Å². The normalized spacial score (nSPS) is 19.0. The van der Waals surface area contributed by atoms with Crippen molar-refractivity contribution < 1.29 is 124 Å². The van der Waals surface area contributed by atoms with Crippen molar-refractivity contribution in [3.63, 3.8) is 0 Å². The number of phenolic OH excluding ortho intramolecular Hbond substituents is 15. The van der Waals surface area contributed by atoms with Crippen LogP contribution in [0.4, 0.5) is 0 Å². The van der Waals surface area contributed by atoms with Gasteiger partial charge in [0.05, 0.1) is 22.3 Å². The third-order valence-electron chi connectivity index (χ3n) is 10.1. The number of rotatable bonds is 6. The van der Waals surface area contributed by atoms with Crippen LogP contribution in [-0.4, -0.2) is 137 Å². The number of carbonyl (C=O) groups excluding carboxylic acids is 5. The Bertz CT molecular complexity index is 2850. The Hall–Kier alpha value is -9.39. The second-order valence-electron chi connectivity index (χ2n) is 14.3. The highest BCUT2D eigenvalue weighted by Gasteiger charge is 2.55. The maximum atomic E-state index is 14.4. The van der Waals surface area contributed by atoms with Gasteiger partial charge in [0.1, 0.15) is 6.10 Å². The number of benzene rings is 5. The summed E-state index contributed by atoms with van der Waals surface area (Å²) in [5, 5.41) is 155. The molecule has 0 spiro atoms. The molecule has 1 saturated heterocycles. The Morgan fingerprint density at radius 1 is 0.439 bits per heavy atom. The minimum absolute atomic E-state index is 0.433. The summed E-state index contributed by atoms with van der Waals surface area (Å²) in [6, 6.07) is 4.26. The van der Waals surface area contributed by atoms with E-state index in [-0.39, 0.29) is 0 Å². The molecule has 5 atom stereocenters. The molecule has 1 fully saturated rings. The molecule has 0 radical (unpaired) electrons. The SMILES string of the molecule is O=C(OC1C2OC(=O)c3cc(O)c(O)c(O)c3-c3c(cc(O)c(O)c3O)C(=O)CC2O[C@H](OC(=O)c2cc(O)c(O)c(O)c2)C1OC(=O)c1cc(O)c(O)c(O)c1)c1cc(O)c(O)c(O)c1. The molecule has 5 aromatic rings. The standard InChI is InChI=1S/C41H30O25/c42-15-9-24-34(63-40(61)14-8-23(50)31(55)33(57)26(14)25-13(15)7-22(49)30(54)32(25)56)35(64-37(58)10-1-16(43)27(51)17(44)2-10)36(65-38(59)11-3-18(45)28(52)19(46)4-11)41(62-24)66-39(60)12-5-20(47)29(53)21(48)6-12/h1-8,24,34-36,41,43-57H,9H2/t24?,34?,35?,36?,41-/m1/s1. The maximum absolute atomic E-state index is 14.4. The molecule has 7 rings (SSSR count). The fourth-order valence-electron chi connectivity index (χ4n) is 6.92. The van der Waals surface area contributed by atoms with E-state index in [1.165, 1.54) is 0 Å².